The van der Waals surface area contributed by atoms with Gasteiger partial charge in [-0.05, 0) is 18.8 Å². The van der Waals surface area contributed by atoms with E-state index in [2.05, 4.69) is 0 Å². The van der Waals surface area contributed by atoms with Gasteiger partial charge in [0.2, 0.25) is 5.91 Å². The van der Waals surface area contributed by atoms with Gasteiger partial charge in [0.05, 0.1) is 11.5 Å². The minimum absolute atomic E-state index is 0.0937. The maximum atomic E-state index is 12.1. The molecule has 19 heavy (non-hydrogen) atoms. The molecule has 0 aromatic carbocycles. The summed E-state index contributed by atoms with van der Waals surface area (Å²) in [7, 11) is -1.14. The Morgan fingerprint density at radius 3 is 2.42 bits per heavy atom. The van der Waals surface area contributed by atoms with Crippen molar-refractivity contribution in [3.05, 3.63) is 0 Å². The Hall–Kier alpha value is -0.580. The molecule has 0 radical (unpaired) electrons. The van der Waals surface area contributed by atoms with Crippen LogP contribution in [0.5, 0.6) is 0 Å². The van der Waals surface area contributed by atoms with E-state index in [1.807, 2.05) is 0 Å². The van der Waals surface area contributed by atoms with Gasteiger partial charge in [-0.1, -0.05) is 32.1 Å². The maximum absolute atomic E-state index is 12.1. The Labute approximate surface area is 116 Å². The summed E-state index contributed by atoms with van der Waals surface area (Å²) in [6, 6.07) is -0.0937. The van der Waals surface area contributed by atoms with E-state index in [4.69, 9.17) is 0 Å². The van der Waals surface area contributed by atoms with Gasteiger partial charge in [0.25, 0.3) is 0 Å². The molecule has 1 aliphatic heterocycles. The average Bonchev–Trinajstić information content (AvgIpc) is 2.76. The van der Waals surface area contributed by atoms with E-state index < -0.39 is 9.84 Å². The third-order valence-corrected chi connectivity index (χ3v) is 6.39. The molecule has 1 saturated carbocycles. The molecule has 1 aliphatic carbocycles. The Morgan fingerprint density at radius 1 is 1.16 bits per heavy atom. The quantitative estimate of drug-likeness (QED) is 0.794. The molecule has 0 unspecified atom stereocenters. The fraction of sp³-hybridized carbons (Fsp3) is 0.929. The fourth-order valence-corrected chi connectivity index (χ4v) is 5.04. The largest absolute Gasteiger partial charge is 0.342 e. The van der Waals surface area contributed by atoms with E-state index in [1.54, 1.807) is 11.9 Å². The molecule has 0 bridgehead atoms. The van der Waals surface area contributed by atoms with E-state index in [0.29, 0.717) is 18.8 Å². The first kappa shape index (κ1) is 14.8. The molecule has 5 heteroatoms. The highest BCUT2D eigenvalue weighted by Crippen LogP contribution is 2.27. The highest BCUT2D eigenvalue weighted by molar-refractivity contribution is 7.91. The lowest BCUT2D eigenvalue weighted by Crippen LogP contribution is -2.37. The van der Waals surface area contributed by atoms with E-state index >= 15 is 0 Å². The van der Waals surface area contributed by atoms with Crippen LogP contribution in [0.2, 0.25) is 0 Å². The lowest BCUT2D eigenvalue weighted by atomic mass is 9.86. The molecule has 110 valence electrons. The first-order valence-electron chi connectivity index (χ1n) is 7.44. The van der Waals surface area contributed by atoms with Gasteiger partial charge in [0, 0.05) is 19.5 Å². The van der Waals surface area contributed by atoms with Crippen LogP contribution in [-0.4, -0.2) is 43.8 Å². The maximum Gasteiger partial charge on any atom is 0.222 e. The first-order chi connectivity index (χ1) is 8.98. The van der Waals surface area contributed by atoms with Gasteiger partial charge in [-0.25, -0.2) is 8.42 Å². The van der Waals surface area contributed by atoms with Crippen molar-refractivity contribution in [3.63, 3.8) is 0 Å². The van der Waals surface area contributed by atoms with Gasteiger partial charge in [-0.15, -0.1) is 0 Å². The molecule has 0 aromatic rings. The fourth-order valence-electron chi connectivity index (χ4n) is 3.26. The highest BCUT2D eigenvalue weighted by atomic mass is 32.2. The van der Waals surface area contributed by atoms with Crippen molar-refractivity contribution >= 4 is 15.7 Å². The minimum atomic E-state index is -2.90. The SMILES string of the molecule is CN(C(=O)CCC1CCCCC1)[C@@H]1CCS(=O)(=O)C1. The summed E-state index contributed by atoms with van der Waals surface area (Å²) in [4.78, 5) is 13.8. The van der Waals surface area contributed by atoms with Crippen LogP contribution in [0.3, 0.4) is 0 Å². The first-order valence-corrected chi connectivity index (χ1v) is 9.26. The van der Waals surface area contributed by atoms with Gasteiger partial charge in [0.15, 0.2) is 9.84 Å². The molecule has 1 saturated heterocycles. The molecule has 4 nitrogen and oxygen atoms in total. The zero-order valence-corrected chi connectivity index (χ0v) is 12.6. The van der Waals surface area contributed by atoms with Gasteiger partial charge in [-0.3, -0.25) is 4.79 Å². The van der Waals surface area contributed by atoms with Gasteiger partial charge < -0.3 is 4.90 Å². The van der Waals surface area contributed by atoms with E-state index in [-0.39, 0.29) is 23.5 Å². The number of amides is 1. The van der Waals surface area contributed by atoms with Crippen molar-refractivity contribution in [2.24, 2.45) is 5.92 Å². The Bertz CT molecular complexity index is 412. The molecule has 1 atom stereocenters. The normalized spacial score (nSPS) is 27.3. The second kappa shape index (κ2) is 6.25. The molecule has 1 amide bonds. The van der Waals surface area contributed by atoms with Crippen LogP contribution in [0.25, 0.3) is 0 Å². The predicted octanol–water partition coefficient (Wildman–Crippen LogP) is 1.99. The average molecular weight is 287 g/mol. The third kappa shape index (κ3) is 4.20. The van der Waals surface area contributed by atoms with Gasteiger partial charge in [-0.2, -0.15) is 0 Å². The lowest BCUT2D eigenvalue weighted by Gasteiger charge is -2.26. The van der Waals surface area contributed by atoms with Crippen LogP contribution in [0.15, 0.2) is 0 Å². The van der Waals surface area contributed by atoms with Crippen molar-refractivity contribution in [1.82, 2.24) is 4.90 Å². The summed E-state index contributed by atoms with van der Waals surface area (Å²) in [5.74, 6) is 1.21. The predicted molar refractivity (Wildman–Crippen MR) is 75.6 cm³/mol. The molecule has 1 heterocycles. The lowest BCUT2D eigenvalue weighted by molar-refractivity contribution is -0.131. The molecule has 2 rings (SSSR count). The molecule has 2 fully saturated rings. The molecule has 0 aromatic heterocycles. The second-order valence-electron chi connectivity index (χ2n) is 6.10. The molecule has 0 N–H and O–H groups in total. The zero-order chi connectivity index (χ0) is 13.9. The summed E-state index contributed by atoms with van der Waals surface area (Å²) in [6.07, 6.45) is 8.62. The number of rotatable bonds is 4. The van der Waals surface area contributed by atoms with Crippen LogP contribution >= 0.6 is 0 Å². The standard InChI is InChI=1S/C14H25NO3S/c1-15(13-9-10-19(17,18)11-13)14(16)8-7-12-5-3-2-4-6-12/h12-13H,2-11H2,1H3/t13-/m1/s1. The van der Waals surface area contributed by atoms with E-state index in [0.717, 1.165) is 6.42 Å². The second-order valence-corrected chi connectivity index (χ2v) is 8.33. The van der Waals surface area contributed by atoms with Crippen LogP contribution in [-0.2, 0) is 14.6 Å². The van der Waals surface area contributed by atoms with Gasteiger partial charge >= 0.3 is 0 Å². The van der Waals surface area contributed by atoms with E-state index in [9.17, 15) is 13.2 Å². The number of carbonyl (C=O) groups is 1. The van der Waals surface area contributed by atoms with Crippen molar-refractivity contribution < 1.29 is 13.2 Å². The van der Waals surface area contributed by atoms with E-state index in [1.165, 1.54) is 32.1 Å². The topological polar surface area (TPSA) is 54.5 Å². The zero-order valence-electron chi connectivity index (χ0n) is 11.8. The molecular weight excluding hydrogens is 262 g/mol. The number of hydrogen-bond acceptors (Lipinski definition) is 3. The van der Waals surface area contributed by atoms with Crippen LogP contribution in [0.4, 0.5) is 0 Å². The summed E-state index contributed by atoms with van der Waals surface area (Å²) in [5, 5.41) is 0. The van der Waals surface area contributed by atoms with Crippen molar-refractivity contribution in [2.45, 2.75) is 57.4 Å². The van der Waals surface area contributed by atoms with Crippen molar-refractivity contribution in [3.8, 4) is 0 Å². The highest BCUT2D eigenvalue weighted by Gasteiger charge is 2.32. The Morgan fingerprint density at radius 2 is 1.84 bits per heavy atom. The number of hydrogen-bond donors (Lipinski definition) is 0. The smallest absolute Gasteiger partial charge is 0.222 e. The van der Waals surface area contributed by atoms with Gasteiger partial charge in [0.1, 0.15) is 0 Å². The number of sulfone groups is 1. The molecule has 2 aliphatic rings. The molecular formula is C14H25NO3S. The summed E-state index contributed by atoms with van der Waals surface area (Å²) in [5.41, 5.74) is 0. The summed E-state index contributed by atoms with van der Waals surface area (Å²) < 4.78 is 22.9. The van der Waals surface area contributed by atoms with Crippen LogP contribution in [0.1, 0.15) is 51.4 Å². The number of carbonyl (C=O) groups excluding carboxylic acids is 1. The Kier molecular flexibility index (Phi) is 4.87. The minimum Gasteiger partial charge on any atom is -0.342 e. The Balaban J connectivity index is 1.76. The summed E-state index contributed by atoms with van der Waals surface area (Å²) >= 11 is 0. The number of nitrogens with zero attached hydrogens (tertiary/aromatic N) is 1. The summed E-state index contributed by atoms with van der Waals surface area (Å²) in [6.45, 7) is 0. The molecule has 0 spiro atoms. The van der Waals surface area contributed by atoms with Crippen LogP contribution < -0.4 is 0 Å². The third-order valence-electron chi connectivity index (χ3n) is 4.64. The van der Waals surface area contributed by atoms with Crippen LogP contribution in [0, 0.1) is 5.92 Å². The van der Waals surface area contributed by atoms with Crippen molar-refractivity contribution in [1.29, 1.82) is 0 Å². The van der Waals surface area contributed by atoms with Crippen molar-refractivity contribution in [2.75, 3.05) is 18.6 Å². The monoisotopic (exact) mass is 287 g/mol.